The topological polar surface area (TPSA) is 0 Å². The lowest BCUT2D eigenvalue weighted by Crippen LogP contribution is -2.44. The van der Waals surface area contributed by atoms with Crippen LogP contribution in [-0.4, -0.2) is 0 Å². The molecule has 5 atom stereocenters. The highest BCUT2D eigenvalue weighted by atomic mass is 14.8. The normalized spacial score (nSPS) is 69.8. The summed E-state index contributed by atoms with van der Waals surface area (Å²) in [5, 5.41) is 0. The molecule has 1 spiro atoms. The van der Waals surface area contributed by atoms with Gasteiger partial charge in [0.1, 0.15) is 0 Å². The maximum absolute atomic E-state index is 1.65. The largest absolute Gasteiger partial charge is 0.0527 e. The van der Waals surface area contributed by atoms with Gasteiger partial charge in [-0.25, -0.2) is 0 Å². The molecule has 4 aliphatic rings. The van der Waals surface area contributed by atoms with Gasteiger partial charge in [-0.1, -0.05) is 6.42 Å². The Labute approximate surface area is 68.4 Å². The van der Waals surface area contributed by atoms with Crippen molar-refractivity contribution in [1.82, 2.24) is 0 Å². The van der Waals surface area contributed by atoms with Gasteiger partial charge in [-0.15, -0.1) is 0 Å². The summed E-state index contributed by atoms with van der Waals surface area (Å²) in [5.41, 5.74) is 1.00. The average molecular weight is 148 g/mol. The zero-order valence-electron chi connectivity index (χ0n) is 7.05. The van der Waals surface area contributed by atoms with E-state index in [0.29, 0.717) is 0 Å². The molecule has 0 aromatic carbocycles. The third kappa shape index (κ3) is 0.400. The van der Waals surface area contributed by atoms with E-state index in [2.05, 4.69) is 0 Å². The van der Waals surface area contributed by atoms with Crippen molar-refractivity contribution in [3.05, 3.63) is 0 Å². The van der Waals surface area contributed by atoms with Crippen molar-refractivity contribution in [2.75, 3.05) is 0 Å². The highest BCUT2D eigenvalue weighted by Gasteiger charge is 2.76. The van der Waals surface area contributed by atoms with E-state index in [1.54, 1.807) is 38.5 Å². The molecule has 4 aliphatic carbocycles. The molecule has 0 aliphatic heterocycles. The SMILES string of the molecule is C1CC2C(C1)C13CC1CCC23. The van der Waals surface area contributed by atoms with Gasteiger partial charge in [0.05, 0.1) is 0 Å². The van der Waals surface area contributed by atoms with Crippen LogP contribution >= 0.6 is 0 Å². The Morgan fingerprint density at radius 3 is 2.73 bits per heavy atom. The Balaban J connectivity index is 1.78. The smallest absolute Gasteiger partial charge is 0.0204 e. The molecule has 0 nitrogen and oxygen atoms in total. The predicted molar refractivity (Wildman–Crippen MR) is 44.1 cm³/mol. The molecule has 0 aromatic rings. The van der Waals surface area contributed by atoms with E-state index in [9.17, 15) is 0 Å². The van der Waals surface area contributed by atoms with Gasteiger partial charge in [0.2, 0.25) is 0 Å². The van der Waals surface area contributed by atoms with Crippen molar-refractivity contribution in [3.63, 3.8) is 0 Å². The summed E-state index contributed by atoms with van der Waals surface area (Å²) >= 11 is 0. The molecule has 4 rings (SSSR count). The summed E-state index contributed by atoms with van der Waals surface area (Å²) in [6, 6.07) is 0. The Kier molecular flexibility index (Phi) is 0.717. The molecule has 60 valence electrons. The van der Waals surface area contributed by atoms with E-state index >= 15 is 0 Å². The van der Waals surface area contributed by atoms with Gasteiger partial charge in [0.15, 0.2) is 0 Å². The molecule has 0 N–H and O–H groups in total. The minimum Gasteiger partial charge on any atom is -0.0527 e. The van der Waals surface area contributed by atoms with Crippen LogP contribution in [0.15, 0.2) is 0 Å². The lowest BCUT2D eigenvalue weighted by molar-refractivity contribution is -0.0110. The van der Waals surface area contributed by atoms with Crippen molar-refractivity contribution >= 4 is 0 Å². The van der Waals surface area contributed by atoms with E-state index in [4.69, 9.17) is 0 Å². The summed E-state index contributed by atoms with van der Waals surface area (Å²) in [4.78, 5) is 0. The van der Waals surface area contributed by atoms with E-state index in [1.807, 2.05) is 0 Å². The quantitative estimate of drug-likeness (QED) is 0.495. The molecule has 0 heteroatoms. The van der Waals surface area contributed by atoms with Crippen molar-refractivity contribution in [2.45, 2.75) is 38.5 Å². The summed E-state index contributed by atoms with van der Waals surface area (Å²) in [6.07, 6.45) is 9.66. The summed E-state index contributed by atoms with van der Waals surface area (Å²) in [5.74, 6) is 4.93. The molecule has 0 aromatic heterocycles. The second-order valence-corrected chi connectivity index (χ2v) is 5.40. The van der Waals surface area contributed by atoms with Crippen molar-refractivity contribution in [2.24, 2.45) is 29.1 Å². The average Bonchev–Trinajstić information content (AvgIpc) is 2.50. The van der Waals surface area contributed by atoms with Crippen LogP contribution in [0.3, 0.4) is 0 Å². The molecule has 0 heterocycles. The lowest BCUT2D eigenvalue weighted by Gasteiger charge is -2.48. The standard InChI is InChI=1S/C11H16/c1-2-8-9(3-1)11-6-7(11)4-5-10(8)11/h7-10H,1-6H2. The highest BCUT2D eigenvalue weighted by molar-refractivity contribution is 5.24. The first-order valence-corrected chi connectivity index (χ1v) is 5.43. The number of rotatable bonds is 0. The van der Waals surface area contributed by atoms with E-state index in [0.717, 1.165) is 5.41 Å². The highest BCUT2D eigenvalue weighted by Crippen LogP contribution is 2.83. The van der Waals surface area contributed by atoms with Crippen LogP contribution in [0, 0.1) is 29.1 Å². The van der Waals surface area contributed by atoms with Crippen LogP contribution in [0.4, 0.5) is 0 Å². The molecule has 0 saturated heterocycles. The van der Waals surface area contributed by atoms with Gasteiger partial charge in [-0.2, -0.15) is 0 Å². The Morgan fingerprint density at radius 1 is 0.909 bits per heavy atom. The monoisotopic (exact) mass is 148 g/mol. The first kappa shape index (κ1) is 5.61. The van der Waals surface area contributed by atoms with E-state index in [-0.39, 0.29) is 0 Å². The second-order valence-electron chi connectivity index (χ2n) is 5.40. The van der Waals surface area contributed by atoms with Gasteiger partial charge in [-0.05, 0) is 61.2 Å². The fraction of sp³-hybridized carbons (Fsp3) is 1.00. The third-order valence-electron chi connectivity index (χ3n) is 5.49. The molecule has 0 amide bonds. The minimum atomic E-state index is 1.00. The molecule has 4 saturated carbocycles. The Hall–Kier alpha value is 0. The summed E-state index contributed by atoms with van der Waals surface area (Å²) in [7, 11) is 0. The van der Waals surface area contributed by atoms with E-state index in [1.165, 1.54) is 23.7 Å². The van der Waals surface area contributed by atoms with Crippen molar-refractivity contribution in [1.29, 1.82) is 0 Å². The van der Waals surface area contributed by atoms with Crippen LogP contribution < -0.4 is 0 Å². The predicted octanol–water partition coefficient (Wildman–Crippen LogP) is 2.83. The zero-order valence-corrected chi connectivity index (χ0v) is 7.05. The molecule has 0 bridgehead atoms. The van der Waals surface area contributed by atoms with Gasteiger partial charge in [0, 0.05) is 0 Å². The summed E-state index contributed by atoms with van der Waals surface area (Å²) in [6.45, 7) is 0. The fourth-order valence-electron chi connectivity index (χ4n) is 5.20. The van der Waals surface area contributed by atoms with Gasteiger partial charge in [-0.3, -0.25) is 0 Å². The molecular formula is C11H16. The van der Waals surface area contributed by atoms with Crippen molar-refractivity contribution in [3.8, 4) is 0 Å². The zero-order chi connectivity index (χ0) is 7.05. The Bertz CT molecular complexity index is 208. The minimum absolute atomic E-state index is 1.00. The van der Waals surface area contributed by atoms with E-state index < -0.39 is 0 Å². The second kappa shape index (κ2) is 1.41. The first-order chi connectivity index (χ1) is 5.43. The maximum Gasteiger partial charge on any atom is -0.0204 e. The van der Waals surface area contributed by atoms with Crippen LogP contribution in [0.5, 0.6) is 0 Å². The summed E-state index contributed by atoms with van der Waals surface area (Å²) < 4.78 is 0. The van der Waals surface area contributed by atoms with Crippen LogP contribution in [0.25, 0.3) is 0 Å². The molecule has 5 unspecified atom stereocenters. The van der Waals surface area contributed by atoms with Crippen molar-refractivity contribution < 1.29 is 0 Å². The van der Waals surface area contributed by atoms with Crippen LogP contribution in [0.2, 0.25) is 0 Å². The fourth-order valence-corrected chi connectivity index (χ4v) is 5.20. The Morgan fingerprint density at radius 2 is 1.82 bits per heavy atom. The number of hydrogen-bond donors (Lipinski definition) is 0. The number of fused-ring (bicyclic) bond motifs is 2. The van der Waals surface area contributed by atoms with Crippen LogP contribution in [-0.2, 0) is 0 Å². The molecule has 0 radical (unpaired) electrons. The van der Waals surface area contributed by atoms with Gasteiger partial charge < -0.3 is 0 Å². The van der Waals surface area contributed by atoms with Gasteiger partial charge >= 0.3 is 0 Å². The lowest BCUT2D eigenvalue weighted by atomic mass is 9.56. The maximum atomic E-state index is 1.65. The molecule has 4 fully saturated rings. The van der Waals surface area contributed by atoms with Gasteiger partial charge in [0.25, 0.3) is 0 Å². The van der Waals surface area contributed by atoms with Crippen LogP contribution in [0.1, 0.15) is 38.5 Å². The molecular weight excluding hydrogens is 132 g/mol. The third-order valence-corrected chi connectivity index (χ3v) is 5.49. The first-order valence-electron chi connectivity index (χ1n) is 5.43. The number of hydrogen-bond acceptors (Lipinski definition) is 0. The molecule has 11 heavy (non-hydrogen) atoms.